The summed E-state index contributed by atoms with van der Waals surface area (Å²) in [6.07, 6.45) is 7.20. The lowest BCUT2D eigenvalue weighted by Crippen LogP contribution is -2.38. The van der Waals surface area contributed by atoms with Crippen LogP contribution in [0.1, 0.15) is 55.3 Å². The van der Waals surface area contributed by atoms with Crippen LogP contribution in [0.3, 0.4) is 0 Å². The molecule has 2 aliphatic rings. The van der Waals surface area contributed by atoms with Gasteiger partial charge in [0.15, 0.2) is 0 Å². The van der Waals surface area contributed by atoms with Crippen molar-refractivity contribution < 1.29 is 13.2 Å². The molecular weight excluding hydrogens is 360 g/mol. The Morgan fingerprint density at radius 1 is 1.12 bits per heavy atom. The number of benzene rings is 1. The van der Waals surface area contributed by atoms with E-state index in [0.717, 1.165) is 38.5 Å². The first kappa shape index (κ1) is 18.7. The highest BCUT2D eigenvalue weighted by Gasteiger charge is 2.30. The van der Waals surface area contributed by atoms with Crippen molar-refractivity contribution in [2.75, 3.05) is 20.1 Å². The lowest BCUT2D eigenvalue weighted by molar-refractivity contribution is 0.0696. The summed E-state index contributed by atoms with van der Waals surface area (Å²) in [5.41, 5.74) is 0.273. The van der Waals surface area contributed by atoms with Crippen molar-refractivity contribution in [2.24, 2.45) is 0 Å². The molecule has 138 valence electrons. The van der Waals surface area contributed by atoms with Crippen LogP contribution in [0.5, 0.6) is 0 Å². The van der Waals surface area contributed by atoms with Crippen LogP contribution in [0.15, 0.2) is 23.1 Å². The average Bonchev–Trinajstić information content (AvgIpc) is 3.17. The van der Waals surface area contributed by atoms with Gasteiger partial charge in [-0.2, -0.15) is 4.31 Å². The largest absolute Gasteiger partial charge is 0.339 e. The molecule has 0 spiro atoms. The van der Waals surface area contributed by atoms with Crippen molar-refractivity contribution in [1.29, 1.82) is 0 Å². The molecule has 7 heteroatoms. The lowest BCUT2D eigenvalue weighted by Gasteiger charge is -2.31. The van der Waals surface area contributed by atoms with Gasteiger partial charge in [-0.1, -0.05) is 30.9 Å². The molecule has 3 rings (SSSR count). The zero-order valence-electron chi connectivity index (χ0n) is 14.6. The summed E-state index contributed by atoms with van der Waals surface area (Å²) in [5, 5.41) is 0.299. The summed E-state index contributed by atoms with van der Waals surface area (Å²) in [6.45, 7) is 1.08. The van der Waals surface area contributed by atoms with Crippen molar-refractivity contribution >= 4 is 27.5 Å². The SMILES string of the molecule is CN(C(=O)c1cc(S(=O)(=O)N2CCCC2)ccc1Cl)C1CCCCC1. The van der Waals surface area contributed by atoms with Crippen molar-refractivity contribution in [3.8, 4) is 0 Å². The zero-order chi connectivity index (χ0) is 18.0. The zero-order valence-corrected chi connectivity index (χ0v) is 16.2. The van der Waals surface area contributed by atoms with Gasteiger partial charge in [-0.15, -0.1) is 0 Å². The third-order valence-electron chi connectivity index (χ3n) is 5.31. The Balaban J connectivity index is 1.87. The molecule has 0 unspecified atom stereocenters. The number of hydrogen-bond acceptors (Lipinski definition) is 3. The fraction of sp³-hybridized carbons (Fsp3) is 0.611. The van der Waals surface area contributed by atoms with Gasteiger partial charge in [-0.25, -0.2) is 8.42 Å². The Morgan fingerprint density at radius 2 is 1.76 bits per heavy atom. The Kier molecular flexibility index (Phi) is 5.71. The molecule has 1 saturated heterocycles. The fourth-order valence-electron chi connectivity index (χ4n) is 3.73. The second kappa shape index (κ2) is 7.64. The van der Waals surface area contributed by atoms with Gasteiger partial charge < -0.3 is 4.90 Å². The molecular formula is C18H25ClN2O3S. The summed E-state index contributed by atoms with van der Waals surface area (Å²) in [4.78, 5) is 14.8. The fourth-order valence-corrected chi connectivity index (χ4v) is 5.47. The first-order chi connectivity index (χ1) is 11.9. The van der Waals surface area contributed by atoms with Crippen molar-refractivity contribution in [3.63, 3.8) is 0 Å². The van der Waals surface area contributed by atoms with E-state index in [9.17, 15) is 13.2 Å². The minimum atomic E-state index is -3.56. The molecule has 1 aliphatic carbocycles. The normalized spacial score (nSPS) is 19.9. The maximum absolute atomic E-state index is 12.9. The van der Waals surface area contributed by atoms with Crippen LogP contribution in [0.2, 0.25) is 5.02 Å². The second-order valence-corrected chi connectivity index (χ2v) is 9.31. The number of sulfonamides is 1. The van der Waals surface area contributed by atoms with Gasteiger partial charge in [0.05, 0.1) is 15.5 Å². The molecule has 0 radical (unpaired) electrons. The van der Waals surface area contributed by atoms with E-state index >= 15 is 0 Å². The van der Waals surface area contributed by atoms with E-state index < -0.39 is 10.0 Å². The highest BCUT2D eigenvalue weighted by Crippen LogP contribution is 2.28. The standard InChI is InChI=1S/C18H25ClN2O3S/c1-20(14-7-3-2-4-8-14)18(22)16-13-15(9-10-17(16)19)25(23,24)21-11-5-6-12-21/h9-10,13-14H,2-8,11-12H2,1H3. The molecule has 2 fully saturated rings. The van der Waals surface area contributed by atoms with Crippen LogP contribution < -0.4 is 0 Å². The van der Waals surface area contributed by atoms with Gasteiger partial charge in [0.2, 0.25) is 10.0 Å². The maximum atomic E-state index is 12.9. The van der Waals surface area contributed by atoms with E-state index in [1.165, 1.54) is 28.9 Å². The Labute approximate surface area is 155 Å². The van der Waals surface area contributed by atoms with E-state index in [1.807, 2.05) is 0 Å². The number of carbonyl (C=O) groups excluding carboxylic acids is 1. The Hall–Kier alpha value is -1.11. The molecule has 1 saturated carbocycles. The number of carbonyl (C=O) groups is 1. The highest BCUT2D eigenvalue weighted by atomic mass is 35.5. The maximum Gasteiger partial charge on any atom is 0.255 e. The molecule has 25 heavy (non-hydrogen) atoms. The van der Waals surface area contributed by atoms with Gasteiger partial charge in [0, 0.05) is 26.2 Å². The van der Waals surface area contributed by atoms with Crippen LogP contribution in [0.4, 0.5) is 0 Å². The van der Waals surface area contributed by atoms with E-state index in [-0.39, 0.29) is 22.4 Å². The molecule has 0 atom stereocenters. The minimum Gasteiger partial charge on any atom is -0.339 e. The Bertz CT molecular complexity index is 739. The third-order valence-corrected chi connectivity index (χ3v) is 7.54. The molecule has 1 aromatic rings. The number of hydrogen-bond donors (Lipinski definition) is 0. The first-order valence-corrected chi connectivity index (χ1v) is 10.8. The topological polar surface area (TPSA) is 57.7 Å². The smallest absolute Gasteiger partial charge is 0.255 e. The summed E-state index contributed by atoms with van der Waals surface area (Å²) in [7, 11) is -1.77. The number of amides is 1. The van der Waals surface area contributed by atoms with Crippen LogP contribution in [-0.4, -0.2) is 49.7 Å². The van der Waals surface area contributed by atoms with Crippen LogP contribution in [0, 0.1) is 0 Å². The van der Waals surface area contributed by atoms with Gasteiger partial charge in [0.25, 0.3) is 5.91 Å². The number of halogens is 1. The molecule has 1 aromatic carbocycles. The van der Waals surface area contributed by atoms with Crippen LogP contribution in [0.25, 0.3) is 0 Å². The van der Waals surface area contributed by atoms with E-state index in [1.54, 1.807) is 11.9 Å². The van der Waals surface area contributed by atoms with Crippen molar-refractivity contribution in [1.82, 2.24) is 9.21 Å². The van der Waals surface area contributed by atoms with Gasteiger partial charge in [-0.05, 0) is 43.9 Å². The molecule has 5 nitrogen and oxygen atoms in total. The van der Waals surface area contributed by atoms with Crippen molar-refractivity contribution in [3.05, 3.63) is 28.8 Å². The summed E-state index contributed by atoms with van der Waals surface area (Å²) >= 11 is 6.23. The predicted octanol–water partition coefficient (Wildman–Crippen LogP) is 3.53. The Morgan fingerprint density at radius 3 is 2.40 bits per heavy atom. The van der Waals surface area contributed by atoms with Crippen LogP contribution >= 0.6 is 11.6 Å². The molecule has 1 heterocycles. The monoisotopic (exact) mass is 384 g/mol. The minimum absolute atomic E-state index is 0.152. The van der Waals surface area contributed by atoms with Gasteiger partial charge in [0.1, 0.15) is 0 Å². The summed E-state index contributed by atoms with van der Waals surface area (Å²) in [5.74, 6) is -0.199. The third kappa shape index (κ3) is 3.86. The predicted molar refractivity (Wildman–Crippen MR) is 98.4 cm³/mol. The molecule has 1 amide bonds. The second-order valence-electron chi connectivity index (χ2n) is 6.96. The summed E-state index contributed by atoms with van der Waals surface area (Å²) < 4.78 is 27.0. The van der Waals surface area contributed by atoms with E-state index in [4.69, 9.17) is 11.6 Å². The quantitative estimate of drug-likeness (QED) is 0.797. The first-order valence-electron chi connectivity index (χ1n) is 8.98. The van der Waals surface area contributed by atoms with Crippen molar-refractivity contribution in [2.45, 2.75) is 55.9 Å². The lowest BCUT2D eigenvalue weighted by atomic mass is 9.94. The molecule has 1 aliphatic heterocycles. The van der Waals surface area contributed by atoms with Crippen LogP contribution in [-0.2, 0) is 10.0 Å². The molecule has 0 N–H and O–H groups in total. The number of nitrogens with zero attached hydrogens (tertiary/aromatic N) is 2. The number of rotatable bonds is 4. The summed E-state index contributed by atoms with van der Waals surface area (Å²) in [6, 6.07) is 4.66. The molecule has 0 bridgehead atoms. The van der Waals surface area contributed by atoms with Gasteiger partial charge in [-0.3, -0.25) is 4.79 Å². The van der Waals surface area contributed by atoms with E-state index in [2.05, 4.69) is 0 Å². The van der Waals surface area contributed by atoms with E-state index in [0.29, 0.717) is 18.1 Å². The highest BCUT2D eigenvalue weighted by molar-refractivity contribution is 7.89. The average molecular weight is 385 g/mol. The molecule has 0 aromatic heterocycles. The van der Waals surface area contributed by atoms with Gasteiger partial charge >= 0.3 is 0 Å².